The second-order valence-electron chi connectivity index (χ2n) is 7.22. The van der Waals surface area contributed by atoms with Crippen molar-refractivity contribution in [3.05, 3.63) is 51.1 Å². The summed E-state index contributed by atoms with van der Waals surface area (Å²) < 4.78 is 39.0. The molecule has 8 heteroatoms. The number of halogens is 1. The van der Waals surface area contributed by atoms with Gasteiger partial charge in [-0.25, -0.2) is 13.2 Å². The van der Waals surface area contributed by atoms with Crippen LogP contribution in [0.25, 0.3) is 0 Å². The second kappa shape index (κ2) is 8.28. The summed E-state index contributed by atoms with van der Waals surface area (Å²) in [5, 5.41) is 0. The number of amides is 1. The van der Waals surface area contributed by atoms with Crippen molar-refractivity contribution in [2.24, 2.45) is 0 Å². The van der Waals surface area contributed by atoms with E-state index in [0.717, 1.165) is 9.87 Å². The zero-order valence-electron chi connectivity index (χ0n) is 16.7. The molecule has 0 aliphatic carbocycles. The minimum atomic E-state index is -4.20. The highest BCUT2D eigenvalue weighted by Gasteiger charge is 2.37. The standard InChI is InChI=1S/C20H24INO5S/c1-13-14(2)17(26-6)12-11-16(13)22(19(23)27-20(3,4)5)28(24,25)18-10-8-7-9-15(18)21/h7-12H,1-6H3. The van der Waals surface area contributed by atoms with E-state index in [1.54, 1.807) is 58.0 Å². The molecule has 152 valence electrons. The Morgan fingerprint density at radius 2 is 1.64 bits per heavy atom. The Bertz CT molecular complexity index is 996. The smallest absolute Gasteiger partial charge is 0.429 e. The number of nitrogens with zero attached hydrogens (tertiary/aromatic N) is 1. The number of carbonyl (C=O) groups excluding carboxylic acids is 1. The zero-order valence-corrected chi connectivity index (χ0v) is 19.7. The van der Waals surface area contributed by atoms with E-state index < -0.39 is 21.7 Å². The minimum Gasteiger partial charge on any atom is -0.496 e. The summed E-state index contributed by atoms with van der Waals surface area (Å²) in [5.41, 5.74) is 0.725. The van der Waals surface area contributed by atoms with Crippen molar-refractivity contribution in [3.63, 3.8) is 0 Å². The predicted octanol–water partition coefficient (Wildman–Crippen LogP) is 5.05. The van der Waals surface area contributed by atoms with E-state index in [0.29, 0.717) is 14.9 Å². The maximum absolute atomic E-state index is 13.5. The quantitative estimate of drug-likeness (QED) is 0.531. The van der Waals surface area contributed by atoms with Crippen molar-refractivity contribution in [1.29, 1.82) is 0 Å². The molecule has 2 aromatic carbocycles. The topological polar surface area (TPSA) is 72.9 Å². The molecule has 6 nitrogen and oxygen atoms in total. The van der Waals surface area contributed by atoms with Gasteiger partial charge in [-0.15, -0.1) is 0 Å². The average Bonchev–Trinajstić information content (AvgIpc) is 2.57. The summed E-state index contributed by atoms with van der Waals surface area (Å²) in [6, 6.07) is 9.70. The second-order valence-corrected chi connectivity index (χ2v) is 10.1. The highest BCUT2D eigenvalue weighted by Crippen LogP contribution is 2.35. The lowest BCUT2D eigenvalue weighted by Crippen LogP contribution is -2.41. The first-order chi connectivity index (χ1) is 12.9. The van der Waals surface area contributed by atoms with E-state index in [9.17, 15) is 13.2 Å². The number of methoxy groups -OCH3 is 1. The fourth-order valence-electron chi connectivity index (χ4n) is 2.60. The first-order valence-corrected chi connectivity index (χ1v) is 11.1. The van der Waals surface area contributed by atoms with Gasteiger partial charge in [-0.05, 0) is 92.6 Å². The molecule has 0 saturated heterocycles. The molecule has 0 aliphatic heterocycles. The third kappa shape index (κ3) is 4.60. The van der Waals surface area contributed by atoms with Gasteiger partial charge in [-0.2, -0.15) is 4.31 Å². The number of hydrogen-bond donors (Lipinski definition) is 0. The van der Waals surface area contributed by atoms with Crippen LogP contribution < -0.4 is 9.04 Å². The number of hydrogen-bond acceptors (Lipinski definition) is 5. The summed E-state index contributed by atoms with van der Waals surface area (Å²) in [5.74, 6) is 0.608. The van der Waals surface area contributed by atoms with Gasteiger partial charge in [0.1, 0.15) is 16.2 Å². The summed E-state index contributed by atoms with van der Waals surface area (Å²) >= 11 is 1.94. The van der Waals surface area contributed by atoms with Gasteiger partial charge in [-0.1, -0.05) is 12.1 Å². The van der Waals surface area contributed by atoms with Gasteiger partial charge in [0, 0.05) is 3.57 Å². The SMILES string of the molecule is COc1ccc(N(C(=O)OC(C)(C)C)S(=O)(=O)c2ccccc2I)c(C)c1C. The van der Waals surface area contributed by atoms with Gasteiger partial charge in [-0.3, -0.25) is 0 Å². The first-order valence-electron chi connectivity index (χ1n) is 8.57. The number of sulfonamides is 1. The molecule has 0 heterocycles. The molecule has 0 radical (unpaired) electrons. The Hall–Kier alpha value is -1.81. The summed E-state index contributed by atoms with van der Waals surface area (Å²) in [4.78, 5) is 13.0. The van der Waals surface area contributed by atoms with Crippen LogP contribution in [-0.2, 0) is 14.8 Å². The lowest BCUT2D eigenvalue weighted by molar-refractivity contribution is 0.0608. The molecule has 2 aromatic rings. The van der Waals surface area contributed by atoms with E-state index >= 15 is 0 Å². The van der Waals surface area contributed by atoms with E-state index in [1.165, 1.54) is 13.2 Å². The monoisotopic (exact) mass is 517 g/mol. The van der Waals surface area contributed by atoms with Gasteiger partial charge in [0.15, 0.2) is 0 Å². The molecule has 0 aliphatic rings. The van der Waals surface area contributed by atoms with Crippen LogP contribution in [0.3, 0.4) is 0 Å². The Morgan fingerprint density at radius 3 is 2.18 bits per heavy atom. The molecule has 0 saturated carbocycles. The fourth-order valence-corrected chi connectivity index (χ4v) is 5.28. The van der Waals surface area contributed by atoms with Gasteiger partial charge in [0.2, 0.25) is 0 Å². The third-order valence-electron chi connectivity index (χ3n) is 4.06. The molecule has 0 bridgehead atoms. The normalized spacial score (nSPS) is 11.8. The summed E-state index contributed by atoms with van der Waals surface area (Å²) in [6.07, 6.45) is -0.959. The van der Waals surface area contributed by atoms with E-state index in [-0.39, 0.29) is 10.6 Å². The fraction of sp³-hybridized carbons (Fsp3) is 0.350. The molecule has 1 amide bonds. The average molecular weight is 517 g/mol. The maximum atomic E-state index is 13.5. The predicted molar refractivity (Wildman–Crippen MR) is 118 cm³/mol. The molecular weight excluding hydrogens is 493 g/mol. The molecule has 0 spiro atoms. The zero-order chi connectivity index (χ0) is 21.3. The number of ether oxygens (including phenoxy) is 2. The molecule has 28 heavy (non-hydrogen) atoms. The summed E-state index contributed by atoms with van der Waals surface area (Å²) in [7, 11) is -2.67. The van der Waals surface area contributed by atoms with E-state index in [2.05, 4.69) is 0 Å². The van der Waals surface area contributed by atoms with Crippen LogP contribution >= 0.6 is 22.6 Å². The Kier molecular flexibility index (Phi) is 6.65. The van der Waals surface area contributed by atoms with Crippen LogP contribution in [0.5, 0.6) is 5.75 Å². The Labute approximate surface area is 180 Å². The molecule has 2 rings (SSSR count). The maximum Gasteiger partial charge on any atom is 0.429 e. The van der Waals surface area contributed by atoms with Crippen molar-refractivity contribution < 1.29 is 22.7 Å². The molecule has 0 aromatic heterocycles. The van der Waals surface area contributed by atoms with Crippen LogP contribution in [-0.4, -0.2) is 27.2 Å². The lowest BCUT2D eigenvalue weighted by atomic mass is 10.1. The largest absolute Gasteiger partial charge is 0.496 e. The summed E-state index contributed by atoms with van der Waals surface area (Å²) in [6.45, 7) is 8.62. The van der Waals surface area contributed by atoms with Crippen LogP contribution in [0, 0.1) is 17.4 Å². The van der Waals surface area contributed by atoms with Crippen molar-refractivity contribution >= 4 is 44.4 Å². The number of rotatable bonds is 4. The van der Waals surface area contributed by atoms with Crippen molar-refractivity contribution in [2.75, 3.05) is 11.4 Å². The highest BCUT2D eigenvalue weighted by atomic mass is 127. The molecule has 0 atom stereocenters. The molecular formula is C20H24INO5S. The molecule has 0 unspecified atom stereocenters. The third-order valence-corrected chi connectivity index (χ3v) is 7.11. The highest BCUT2D eigenvalue weighted by molar-refractivity contribution is 14.1. The van der Waals surface area contributed by atoms with Gasteiger partial charge in [0.05, 0.1) is 12.8 Å². The van der Waals surface area contributed by atoms with Crippen molar-refractivity contribution in [2.45, 2.75) is 45.1 Å². The van der Waals surface area contributed by atoms with Crippen molar-refractivity contribution in [3.8, 4) is 5.75 Å². The molecule has 0 fully saturated rings. The lowest BCUT2D eigenvalue weighted by Gasteiger charge is -2.28. The van der Waals surface area contributed by atoms with Crippen LogP contribution in [0.2, 0.25) is 0 Å². The van der Waals surface area contributed by atoms with E-state index in [4.69, 9.17) is 9.47 Å². The Balaban J connectivity index is 2.74. The van der Waals surface area contributed by atoms with Gasteiger partial charge in [0.25, 0.3) is 10.0 Å². The Morgan fingerprint density at radius 1 is 1.04 bits per heavy atom. The van der Waals surface area contributed by atoms with Crippen LogP contribution in [0.1, 0.15) is 31.9 Å². The van der Waals surface area contributed by atoms with Gasteiger partial charge < -0.3 is 9.47 Å². The van der Waals surface area contributed by atoms with E-state index in [1.807, 2.05) is 29.5 Å². The van der Waals surface area contributed by atoms with Crippen LogP contribution in [0.4, 0.5) is 10.5 Å². The molecule has 0 N–H and O–H groups in total. The minimum absolute atomic E-state index is 0.0364. The van der Waals surface area contributed by atoms with Gasteiger partial charge >= 0.3 is 6.09 Å². The first kappa shape index (κ1) is 22.5. The number of benzene rings is 2. The number of carbonyl (C=O) groups is 1. The van der Waals surface area contributed by atoms with Crippen LogP contribution in [0.15, 0.2) is 41.3 Å². The van der Waals surface area contributed by atoms with Crippen molar-refractivity contribution in [1.82, 2.24) is 0 Å². The number of anilines is 1.